The average Bonchev–Trinajstić information content (AvgIpc) is 3.32. The van der Waals surface area contributed by atoms with Gasteiger partial charge in [-0.2, -0.15) is 0 Å². The van der Waals surface area contributed by atoms with Crippen LogP contribution >= 0.6 is 11.8 Å². The monoisotopic (exact) mass is 377 g/mol. The molecule has 2 heterocycles. The maximum absolute atomic E-state index is 12.3. The number of carbonyl (C=O) groups excluding carboxylic acids is 2. The summed E-state index contributed by atoms with van der Waals surface area (Å²) in [5, 5.41) is 2.08. The Morgan fingerprint density at radius 2 is 1.89 bits per heavy atom. The summed E-state index contributed by atoms with van der Waals surface area (Å²) in [5.74, 6) is -0.295. The number of hydrogen-bond acceptors (Lipinski definition) is 5. The minimum Gasteiger partial charge on any atom is -0.369 e. The van der Waals surface area contributed by atoms with Gasteiger partial charge in [0, 0.05) is 41.5 Å². The number of nitrogens with zero attached hydrogens (tertiary/aromatic N) is 1. The Morgan fingerprint density at radius 1 is 1.07 bits per heavy atom. The van der Waals surface area contributed by atoms with Crippen LogP contribution in [0.15, 0.2) is 47.4 Å². The van der Waals surface area contributed by atoms with E-state index in [2.05, 4.69) is 34.5 Å². The fourth-order valence-corrected chi connectivity index (χ4v) is 4.88. The van der Waals surface area contributed by atoms with Crippen molar-refractivity contribution in [3.8, 4) is 11.1 Å². The minimum absolute atomic E-state index is 0.170. The third kappa shape index (κ3) is 2.76. The summed E-state index contributed by atoms with van der Waals surface area (Å²) in [4.78, 5) is 26.8. The van der Waals surface area contributed by atoms with E-state index in [9.17, 15) is 9.59 Å². The molecule has 2 amide bonds. The van der Waals surface area contributed by atoms with Crippen LogP contribution in [0.2, 0.25) is 0 Å². The van der Waals surface area contributed by atoms with Gasteiger partial charge in [0.2, 0.25) is 0 Å². The van der Waals surface area contributed by atoms with E-state index < -0.39 is 0 Å². The number of nitrogens with two attached hydrogens (primary N) is 1. The van der Waals surface area contributed by atoms with Crippen LogP contribution < -0.4 is 16.0 Å². The van der Waals surface area contributed by atoms with E-state index in [4.69, 9.17) is 5.73 Å². The summed E-state index contributed by atoms with van der Waals surface area (Å²) >= 11 is 0.997. The molecule has 1 atom stereocenters. The van der Waals surface area contributed by atoms with Crippen LogP contribution in [0.25, 0.3) is 16.7 Å². The molecule has 6 heteroatoms. The van der Waals surface area contributed by atoms with Gasteiger partial charge in [-0.3, -0.25) is 14.9 Å². The van der Waals surface area contributed by atoms with Gasteiger partial charge in [0.15, 0.2) is 0 Å². The van der Waals surface area contributed by atoms with Gasteiger partial charge >= 0.3 is 0 Å². The second kappa shape index (κ2) is 6.25. The van der Waals surface area contributed by atoms with Gasteiger partial charge in [0.1, 0.15) is 0 Å². The SMILES string of the molecule is N[C@@H]1CCCN(c2ccc(-c3ccccc3)c3c2/C3=C2\SC(=O)NC2=O)C1. The Hall–Kier alpha value is -2.57. The third-order valence-electron chi connectivity index (χ3n) is 5.35. The molecule has 136 valence electrons. The van der Waals surface area contributed by atoms with Gasteiger partial charge in [-0.15, -0.1) is 0 Å². The first-order chi connectivity index (χ1) is 13.1. The number of thioether (sulfide) groups is 1. The number of carbonyl (C=O) groups is 2. The summed E-state index contributed by atoms with van der Waals surface area (Å²) < 4.78 is 0. The molecule has 3 N–H and O–H groups in total. The number of piperidine rings is 1. The quantitative estimate of drug-likeness (QED) is 0.670. The molecular formula is C21H19N3O2S. The molecule has 2 fully saturated rings. The lowest BCUT2D eigenvalue weighted by molar-refractivity contribution is -0.115. The minimum atomic E-state index is -0.303. The molecule has 0 saturated carbocycles. The zero-order valence-electron chi connectivity index (χ0n) is 14.7. The van der Waals surface area contributed by atoms with Crippen LogP contribution in [0.1, 0.15) is 24.0 Å². The van der Waals surface area contributed by atoms with Crippen molar-refractivity contribution in [2.75, 3.05) is 18.0 Å². The number of nitrogens with one attached hydrogen (secondary N) is 1. The fourth-order valence-electron chi connectivity index (χ4n) is 4.10. The van der Waals surface area contributed by atoms with Crippen molar-refractivity contribution in [3.05, 3.63) is 58.5 Å². The molecule has 1 aliphatic carbocycles. The highest BCUT2D eigenvalue weighted by atomic mass is 32.2. The van der Waals surface area contributed by atoms with Crippen molar-refractivity contribution in [2.24, 2.45) is 5.73 Å². The lowest BCUT2D eigenvalue weighted by Gasteiger charge is -2.32. The molecule has 0 bridgehead atoms. The summed E-state index contributed by atoms with van der Waals surface area (Å²) in [7, 11) is 0. The maximum atomic E-state index is 12.3. The third-order valence-corrected chi connectivity index (χ3v) is 6.23. The number of imide groups is 1. The van der Waals surface area contributed by atoms with Crippen molar-refractivity contribution in [3.63, 3.8) is 0 Å². The van der Waals surface area contributed by atoms with Crippen LogP contribution in [-0.4, -0.2) is 30.3 Å². The van der Waals surface area contributed by atoms with Crippen LogP contribution in [0, 0.1) is 0 Å². The van der Waals surface area contributed by atoms with Gasteiger partial charge < -0.3 is 10.6 Å². The van der Waals surface area contributed by atoms with E-state index in [1.165, 1.54) is 0 Å². The Morgan fingerprint density at radius 3 is 2.59 bits per heavy atom. The number of anilines is 1. The summed E-state index contributed by atoms with van der Waals surface area (Å²) in [6, 6.07) is 14.6. The van der Waals surface area contributed by atoms with Crippen LogP contribution in [0.4, 0.5) is 10.5 Å². The van der Waals surface area contributed by atoms with Gasteiger partial charge in [-0.25, -0.2) is 0 Å². The largest absolute Gasteiger partial charge is 0.369 e. The van der Waals surface area contributed by atoms with Gasteiger partial charge in [0.25, 0.3) is 11.1 Å². The Bertz CT molecular complexity index is 1000. The standard InChI is InChI=1S/C21H19N3O2S/c22-13-7-4-10-24(11-13)15-9-8-14(12-5-2-1-3-6-12)16-17(15)18(16)19-20(25)23-21(26)27-19/h1-3,5-6,8-9,13H,4,7,10-11,22H2,(H,23,25,26)/b19-18-/t13-/m1/s1. The van der Waals surface area contributed by atoms with Crippen LogP contribution in [-0.2, 0) is 4.79 Å². The number of hydrogen-bond donors (Lipinski definition) is 2. The molecular weight excluding hydrogens is 358 g/mol. The molecule has 2 aliphatic heterocycles. The number of rotatable bonds is 2. The lowest BCUT2D eigenvalue weighted by atomic mass is 10.0. The molecule has 3 aliphatic rings. The van der Waals surface area contributed by atoms with Gasteiger partial charge in [-0.1, -0.05) is 36.4 Å². The zero-order valence-corrected chi connectivity index (χ0v) is 15.5. The molecule has 27 heavy (non-hydrogen) atoms. The van der Waals surface area contributed by atoms with E-state index in [1.807, 2.05) is 18.2 Å². The van der Waals surface area contributed by atoms with Gasteiger partial charge in [-0.05, 0) is 41.8 Å². The highest BCUT2D eigenvalue weighted by Gasteiger charge is 2.42. The average molecular weight is 377 g/mol. The Balaban J connectivity index is 1.65. The maximum Gasteiger partial charge on any atom is 0.290 e. The van der Waals surface area contributed by atoms with Crippen LogP contribution in [0.3, 0.4) is 0 Å². The van der Waals surface area contributed by atoms with E-state index in [1.54, 1.807) is 0 Å². The first kappa shape index (κ1) is 16.6. The smallest absolute Gasteiger partial charge is 0.290 e. The van der Waals surface area contributed by atoms with Crippen molar-refractivity contribution < 1.29 is 9.59 Å². The number of benzene rings is 2. The molecule has 0 unspecified atom stereocenters. The fraction of sp³-hybridized carbons (Fsp3) is 0.238. The van der Waals surface area contributed by atoms with E-state index in [0.717, 1.165) is 71.2 Å². The summed E-state index contributed by atoms with van der Waals surface area (Å²) in [6.45, 7) is 1.78. The zero-order chi connectivity index (χ0) is 18.5. The van der Waals surface area contributed by atoms with Crippen molar-refractivity contribution >= 4 is 34.2 Å². The number of fused-ring (bicyclic) bond motifs is 1. The topological polar surface area (TPSA) is 75.4 Å². The second-order valence-electron chi connectivity index (χ2n) is 7.14. The van der Waals surface area contributed by atoms with E-state index >= 15 is 0 Å². The van der Waals surface area contributed by atoms with E-state index in [0.29, 0.717) is 4.91 Å². The predicted molar refractivity (Wildman–Crippen MR) is 108 cm³/mol. The number of amides is 2. The van der Waals surface area contributed by atoms with E-state index in [-0.39, 0.29) is 17.2 Å². The van der Waals surface area contributed by atoms with Crippen molar-refractivity contribution in [1.82, 2.24) is 5.32 Å². The molecule has 5 rings (SSSR count). The Labute approximate surface area is 161 Å². The molecule has 0 aromatic heterocycles. The summed E-state index contributed by atoms with van der Waals surface area (Å²) in [6.07, 6.45) is 2.11. The first-order valence-electron chi connectivity index (χ1n) is 9.14. The van der Waals surface area contributed by atoms with Crippen LogP contribution in [0.5, 0.6) is 0 Å². The molecule has 2 aromatic rings. The molecule has 0 spiro atoms. The molecule has 2 aromatic carbocycles. The van der Waals surface area contributed by atoms with Crippen molar-refractivity contribution in [1.29, 1.82) is 0 Å². The highest BCUT2D eigenvalue weighted by molar-refractivity contribution is 8.18. The predicted octanol–water partition coefficient (Wildman–Crippen LogP) is 3.34. The highest BCUT2D eigenvalue weighted by Crippen LogP contribution is 2.57. The first-order valence-corrected chi connectivity index (χ1v) is 9.96. The normalized spacial score (nSPS) is 24.0. The molecule has 0 radical (unpaired) electrons. The molecule has 5 nitrogen and oxygen atoms in total. The van der Waals surface area contributed by atoms with Crippen molar-refractivity contribution in [2.45, 2.75) is 18.9 Å². The Kier molecular flexibility index (Phi) is 3.84. The second-order valence-corrected chi connectivity index (χ2v) is 8.13. The molecule has 2 saturated heterocycles. The lowest BCUT2D eigenvalue weighted by Crippen LogP contribution is -2.42. The van der Waals surface area contributed by atoms with Gasteiger partial charge in [0.05, 0.1) is 4.91 Å². The summed E-state index contributed by atoms with van der Waals surface area (Å²) in [5.41, 5.74) is 12.6.